The van der Waals surface area contributed by atoms with Crippen molar-refractivity contribution in [3.8, 4) is 6.07 Å². The van der Waals surface area contributed by atoms with E-state index in [1.165, 1.54) is 16.9 Å². The Hall–Kier alpha value is -2.04. The number of thiazole rings is 1. The molecule has 3 aromatic rings. The van der Waals surface area contributed by atoms with Gasteiger partial charge in [0.25, 0.3) is 0 Å². The summed E-state index contributed by atoms with van der Waals surface area (Å²) in [4.78, 5) is 12.5. The molecule has 3 fully saturated rings. The van der Waals surface area contributed by atoms with Crippen molar-refractivity contribution >= 4 is 49.0 Å². The van der Waals surface area contributed by atoms with Crippen LogP contribution in [0.15, 0.2) is 22.7 Å². The van der Waals surface area contributed by atoms with Crippen molar-refractivity contribution in [2.45, 2.75) is 49.6 Å². The second-order valence-corrected chi connectivity index (χ2v) is 10.6. The zero-order valence-electron chi connectivity index (χ0n) is 15.9. The van der Waals surface area contributed by atoms with Gasteiger partial charge in [-0.1, -0.05) is 27.3 Å². The lowest BCUT2D eigenvalue weighted by Gasteiger charge is -2.65. The van der Waals surface area contributed by atoms with E-state index in [9.17, 15) is 9.65 Å². The Morgan fingerprint density at radius 1 is 1.24 bits per heavy atom. The number of anilines is 2. The van der Waals surface area contributed by atoms with Crippen LogP contribution in [0.25, 0.3) is 10.9 Å². The average Bonchev–Trinajstić information content (AvgIpc) is 3.29. The number of nitriles is 1. The van der Waals surface area contributed by atoms with Crippen LogP contribution in [0, 0.1) is 11.3 Å². The summed E-state index contributed by atoms with van der Waals surface area (Å²) in [6, 6.07) is 8.50. The van der Waals surface area contributed by atoms with Gasteiger partial charge in [-0.15, -0.1) is 0 Å². The maximum absolute atomic E-state index is 14.1. The van der Waals surface area contributed by atoms with Crippen molar-refractivity contribution in [1.29, 1.82) is 5.26 Å². The zero-order chi connectivity index (χ0) is 20.0. The molecule has 0 spiro atoms. The van der Waals surface area contributed by atoms with E-state index in [0.717, 1.165) is 56.8 Å². The molecule has 0 N–H and O–H groups in total. The Kier molecular flexibility index (Phi) is 3.54. The molecule has 7 rings (SSSR count). The predicted octanol–water partition coefficient (Wildman–Crippen LogP) is 5.73. The highest BCUT2D eigenvalue weighted by atomic mass is 79.9. The summed E-state index contributed by atoms with van der Waals surface area (Å²) in [6.07, 6.45) is 4.65. The van der Waals surface area contributed by atoms with Crippen molar-refractivity contribution in [1.82, 2.24) is 9.97 Å². The highest BCUT2D eigenvalue weighted by molar-refractivity contribution is 9.10. The van der Waals surface area contributed by atoms with Crippen LogP contribution >= 0.6 is 27.3 Å². The van der Waals surface area contributed by atoms with Gasteiger partial charge >= 0.3 is 0 Å². The minimum Gasteiger partial charge on any atom is -0.320 e. The SMILES string of the molecule is CN(c1nc(C23CC(F)(C2)C3)c(C#N)s1)c1c2c(nc3ccc(Br)cc13)CCC2. The van der Waals surface area contributed by atoms with Gasteiger partial charge in [-0.3, -0.25) is 4.98 Å². The molecule has 29 heavy (non-hydrogen) atoms. The number of aromatic nitrogens is 2. The summed E-state index contributed by atoms with van der Waals surface area (Å²) in [6.45, 7) is 0. The van der Waals surface area contributed by atoms with E-state index in [-0.39, 0.29) is 5.41 Å². The molecular weight excluding hydrogens is 451 g/mol. The van der Waals surface area contributed by atoms with Crippen molar-refractivity contribution in [3.05, 3.63) is 44.5 Å². The van der Waals surface area contributed by atoms with E-state index < -0.39 is 5.67 Å². The Labute approximate surface area is 180 Å². The maximum atomic E-state index is 14.1. The lowest BCUT2D eigenvalue weighted by Crippen LogP contribution is -2.67. The van der Waals surface area contributed by atoms with Crippen LogP contribution in [0.4, 0.5) is 15.2 Å². The van der Waals surface area contributed by atoms with E-state index in [0.29, 0.717) is 24.1 Å². The predicted molar refractivity (Wildman–Crippen MR) is 116 cm³/mol. The number of hydrogen-bond donors (Lipinski definition) is 0. The largest absolute Gasteiger partial charge is 0.320 e. The number of aryl methyl sites for hydroxylation is 1. The molecular formula is C22H18BrFN4S. The molecule has 2 aromatic heterocycles. The van der Waals surface area contributed by atoms with Crippen LogP contribution in [0.5, 0.6) is 0 Å². The summed E-state index contributed by atoms with van der Waals surface area (Å²) in [5.74, 6) is 0. The molecule has 146 valence electrons. The van der Waals surface area contributed by atoms with Gasteiger partial charge in [0.1, 0.15) is 16.6 Å². The number of pyridine rings is 1. The number of alkyl halides is 1. The van der Waals surface area contributed by atoms with E-state index in [1.54, 1.807) is 0 Å². The molecule has 4 nitrogen and oxygen atoms in total. The van der Waals surface area contributed by atoms with Crippen LogP contribution < -0.4 is 4.90 Å². The topological polar surface area (TPSA) is 52.8 Å². The number of fused-ring (bicyclic) bond motifs is 2. The molecule has 3 saturated carbocycles. The van der Waals surface area contributed by atoms with Crippen LogP contribution in [0.2, 0.25) is 0 Å². The zero-order valence-corrected chi connectivity index (χ0v) is 18.3. The quantitative estimate of drug-likeness (QED) is 0.492. The first-order valence-corrected chi connectivity index (χ1v) is 11.5. The standard InChI is InChI=1S/C22H18BrFN4S/c1-28(20-27-19(17(8-25)29-20)21-9-22(24,10-21)11-21)18-13-3-2-4-15(13)26-16-6-5-12(23)7-14(16)18/h5-7H,2-4,9-11H2,1H3. The van der Waals surface area contributed by atoms with E-state index in [4.69, 9.17) is 9.97 Å². The Morgan fingerprint density at radius 3 is 2.76 bits per heavy atom. The summed E-state index contributed by atoms with van der Waals surface area (Å²) < 4.78 is 15.1. The molecule has 0 radical (unpaired) electrons. The molecule has 0 aliphatic heterocycles. The summed E-state index contributed by atoms with van der Waals surface area (Å²) >= 11 is 5.01. The molecule has 2 heterocycles. The van der Waals surface area contributed by atoms with Gasteiger partial charge in [-0.25, -0.2) is 9.37 Å². The van der Waals surface area contributed by atoms with Crippen LogP contribution in [-0.4, -0.2) is 22.7 Å². The van der Waals surface area contributed by atoms with Crippen molar-refractivity contribution in [3.63, 3.8) is 0 Å². The molecule has 2 bridgehead atoms. The van der Waals surface area contributed by atoms with Crippen molar-refractivity contribution in [2.75, 3.05) is 11.9 Å². The summed E-state index contributed by atoms with van der Waals surface area (Å²) in [5.41, 5.74) is 4.15. The number of halogens is 2. The smallest absolute Gasteiger partial charge is 0.191 e. The fraction of sp³-hybridized carbons (Fsp3) is 0.409. The molecule has 4 aliphatic rings. The van der Waals surface area contributed by atoms with Gasteiger partial charge in [0.15, 0.2) is 5.13 Å². The van der Waals surface area contributed by atoms with Gasteiger partial charge in [-0.05, 0) is 62.3 Å². The first-order valence-electron chi connectivity index (χ1n) is 9.87. The maximum Gasteiger partial charge on any atom is 0.191 e. The number of benzene rings is 1. The second-order valence-electron chi connectivity index (χ2n) is 8.71. The molecule has 0 atom stereocenters. The van der Waals surface area contributed by atoms with Gasteiger partial charge < -0.3 is 4.90 Å². The van der Waals surface area contributed by atoms with E-state index in [2.05, 4.69) is 33.0 Å². The highest BCUT2D eigenvalue weighted by Crippen LogP contribution is 2.70. The Balaban J connectivity index is 1.50. The molecule has 7 heteroatoms. The molecule has 1 aromatic carbocycles. The first-order chi connectivity index (χ1) is 13.9. The third kappa shape index (κ3) is 2.39. The lowest BCUT2D eigenvalue weighted by atomic mass is 9.41. The van der Waals surface area contributed by atoms with Gasteiger partial charge in [-0.2, -0.15) is 5.26 Å². The van der Waals surface area contributed by atoms with Crippen molar-refractivity contribution in [2.24, 2.45) is 0 Å². The molecule has 0 unspecified atom stereocenters. The third-order valence-electron chi connectivity index (χ3n) is 6.75. The van der Waals surface area contributed by atoms with Crippen LogP contribution in [0.3, 0.4) is 0 Å². The number of hydrogen-bond acceptors (Lipinski definition) is 5. The van der Waals surface area contributed by atoms with Gasteiger partial charge in [0.2, 0.25) is 0 Å². The van der Waals surface area contributed by atoms with Crippen LogP contribution in [0.1, 0.15) is 47.5 Å². The second kappa shape index (κ2) is 5.77. The summed E-state index contributed by atoms with van der Waals surface area (Å²) in [7, 11) is 2.02. The van der Waals surface area contributed by atoms with Gasteiger partial charge in [0.05, 0.1) is 16.9 Å². The first kappa shape index (κ1) is 17.8. The van der Waals surface area contributed by atoms with E-state index >= 15 is 0 Å². The number of nitrogens with zero attached hydrogens (tertiary/aromatic N) is 4. The average molecular weight is 469 g/mol. The number of rotatable bonds is 3. The lowest BCUT2D eigenvalue weighted by molar-refractivity contribution is -0.159. The summed E-state index contributed by atoms with van der Waals surface area (Å²) in [5, 5.41) is 11.6. The van der Waals surface area contributed by atoms with Gasteiger partial charge in [0, 0.05) is 28.0 Å². The fourth-order valence-electron chi connectivity index (χ4n) is 5.49. The normalized spacial score (nSPS) is 26.6. The minimum absolute atomic E-state index is 0.208. The fourth-order valence-corrected chi connectivity index (χ4v) is 6.80. The van der Waals surface area contributed by atoms with Crippen LogP contribution in [-0.2, 0) is 18.3 Å². The van der Waals surface area contributed by atoms with Crippen molar-refractivity contribution < 1.29 is 4.39 Å². The monoisotopic (exact) mass is 468 g/mol. The Morgan fingerprint density at radius 2 is 2.03 bits per heavy atom. The molecule has 0 saturated heterocycles. The molecule has 4 aliphatic carbocycles. The highest BCUT2D eigenvalue weighted by Gasteiger charge is 2.71. The minimum atomic E-state index is -1.00. The van der Waals surface area contributed by atoms with E-state index in [1.807, 2.05) is 19.2 Å². The third-order valence-corrected chi connectivity index (χ3v) is 8.28. The Bertz CT molecular complexity index is 1220. The molecule has 0 amide bonds.